The number of ether oxygens (including phenoxy) is 1. The van der Waals surface area contributed by atoms with Gasteiger partial charge in [0.2, 0.25) is 0 Å². The lowest BCUT2D eigenvalue weighted by Gasteiger charge is -2.05. The van der Waals surface area contributed by atoms with Crippen molar-refractivity contribution in [1.29, 1.82) is 5.26 Å². The van der Waals surface area contributed by atoms with Crippen LogP contribution in [0.5, 0.6) is 5.75 Å². The minimum absolute atomic E-state index is 0.472. The van der Waals surface area contributed by atoms with Crippen LogP contribution < -0.4 is 4.74 Å². The Labute approximate surface area is 107 Å². The molecule has 2 aromatic rings. The lowest BCUT2D eigenvalue weighted by molar-refractivity contribution is 0.414. The minimum Gasteiger partial charge on any atom is -0.497 e. The Balaban J connectivity index is 2.11. The van der Waals surface area contributed by atoms with E-state index in [9.17, 15) is 0 Å². The van der Waals surface area contributed by atoms with E-state index in [0.717, 1.165) is 17.7 Å². The van der Waals surface area contributed by atoms with Crippen LogP contribution in [0.3, 0.4) is 0 Å². The quantitative estimate of drug-likeness (QED) is 0.817. The fourth-order valence-corrected chi connectivity index (χ4v) is 1.88. The van der Waals surface area contributed by atoms with Crippen LogP contribution in [0.1, 0.15) is 16.7 Å². The van der Waals surface area contributed by atoms with Gasteiger partial charge in [-0.2, -0.15) is 5.26 Å². The van der Waals surface area contributed by atoms with Crippen molar-refractivity contribution < 1.29 is 4.74 Å². The number of hydrogen-bond acceptors (Lipinski definition) is 2. The molecule has 0 saturated heterocycles. The number of methoxy groups -OCH3 is 1. The zero-order valence-corrected chi connectivity index (χ0v) is 10.4. The van der Waals surface area contributed by atoms with Crippen LogP contribution >= 0.6 is 0 Å². The van der Waals surface area contributed by atoms with Gasteiger partial charge in [-0.15, -0.1) is 0 Å². The first-order valence-electron chi connectivity index (χ1n) is 5.89. The van der Waals surface area contributed by atoms with Gasteiger partial charge in [0.1, 0.15) is 5.75 Å². The van der Waals surface area contributed by atoms with Crippen molar-refractivity contribution in [1.82, 2.24) is 0 Å². The van der Waals surface area contributed by atoms with E-state index in [1.165, 1.54) is 11.1 Å². The molecule has 0 fully saturated rings. The van der Waals surface area contributed by atoms with Crippen molar-refractivity contribution in [2.75, 3.05) is 7.11 Å². The first-order chi connectivity index (χ1) is 8.81. The molecule has 0 amide bonds. The molecule has 2 nitrogen and oxygen atoms in total. The first kappa shape index (κ1) is 12.2. The molecule has 18 heavy (non-hydrogen) atoms. The zero-order valence-electron chi connectivity index (χ0n) is 10.4. The maximum Gasteiger partial charge on any atom is 0.119 e. The van der Waals surface area contributed by atoms with Gasteiger partial charge < -0.3 is 4.74 Å². The summed E-state index contributed by atoms with van der Waals surface area (Å²) in [5.74, 6) is 0.883. The molecule has 0 N–H and O–H groups in total. The molecular weight excluding hydrogens is 222 g/mol. The molecule has 2 rings (SSSR count). The molecule has 0 saturated carbocycles. The Morgan fingerprint density at radius 1 is 1.00 bits per heavy atom. The molecule has 0 aliphatic carbocycles. The zero-order chi connectivity index (χ0) is 12.8. The molecule has 0 aliphatic heterocycles. The second kappa shape index (κ2) is 5.88. The molecule has 2 heteroatoms. The van der Waals surface area contributed by atoms with Crippen molar-refractivity contribution in [3.8, 4) is 11.8 Å². The van der Waals surface area contributed by atoms with Crippen LogP contribution in [0.15, 0.2) is 48.5 Å². The summed E-state index contributed by atoms with van der Waals surface area (Å²) in [6.45, 7) is 0. The highest BCUT2D eigenvalue weighted by Crippen LogP contribution is 2.16. The Hall–Kier alpha value is -2.27. The molecular formula is C16H15NO. The van der Waals surface area contributed by atoms with Crippen molar-refractivity contribution >= 4 is 0 Å². The van der Waals surface area contributed by atoms with Gasteiger partial charge in [0.25, 0.3) is 0 Å². The normalized spacial score (nSPS) is 9.78. The second-order valence-electron chi connectivity index (χ2n) is 4.18. The van der Waals surface area contributed by atoms with E-state index in [1.54, 1.807) is 7.11 Å². The fourth-order valence-electron chi connectivity index (χ4n) is 1.88. The van der Waals surface area contributed by atoms with Crippen molar-refractivity contribution in [2.45, 2.75) is 12.8 Å². The Bertz CT molecular complexity index is 552. The lowest BCUT2D eigenvalue weighted by Crippen LogP contribution is -1.90. The van der Waals surface area contributed by atoms with E-state index >= 15 is 0 Å². The molecule has 0 heterocycles. The van der Waals surface area contributed by atoms with Crippen LogP contribution in [0.25, 0.3) is 0 Å². The predicted octanol–water partition coefficient (Wildman–Crippen LogP) is 3.35. The summed E-state index contributed by atoms with van der Waals surface area (Å²) in [4.78, 5) is 0. The van der Waals surface area contributed by atoms with Crippen molar-refractivity contribution in [3.05, 3.63) is 65.2 Å². The van der Waals surface area contributed by atoms with E-state index < -0.39 is 0 Å². The van der Waals surface area contributed by atoms with Gasteiger partial charge >= 0.3 is 0 Å². The molecule has 0 bridgehead atoms. The highest BCUT2D eigenvalue weighted by molar-refractivity contribution is 5.34. The van der Waals surface area contributed by atoms with Gasteiger partial charge in [0.15, 0.2) is 0 Å². The van der Waals surface area contributed by atoms with E-state index in [0.29, 0.717) is 6.42 Å². The van der Waals surface area contributed by atoms with E-state index in [-0.39, 0.29) is 0 Å². The summed E-state index contributed by atoms with van der Waals surface area (Å²) in [6, 6.07) is 18.4. The lowest BCUT2D eigenvalue weighted by atomic mass is 10.0. The van der Waals surface area contributed by atoms with E-state index in [1.807, 2.05) is 30.3 Å². The second-order valence-corrected chi connectivity index (χ2v) is 4.18. The third kappa shape index (κ3) is 3.11. The molecule has 0 unspecified atom stereocenters. The number of benzene rings is 2. The molecule has 2 aromatic carbocycles. The molecule has 0 aliphatic rings. The SMILES string of the molecule is COc1cccc(Cc2ccc(CC#N)cc2)c1. The monoisotopic (exact) mass is 237 g/mol. The highest BCUT2D eigenvalue weighted by Gasteiger charge is 1.99. The van der Waals surface area contributed by atoms with E-state index in [2.05, 4.69) is 24.3 Å². The summed E-state index contributed by atoms with van der Waals surface area (Å²) in [6.07, 6.45) is 1.35. The van der Waals surface area contributed by atoms with Crippen LogP contribution in [0.2, 0.25) is 0 Å². The fraction of sp³-hybridized carbons (Fsp3) is 0.188. The van der Waals surface area contributed by atoms with Crippen LogP contribution in [-0.2, 0) is 12.8 Å². The average Bonchev–Trinajstić information content (AvgIpc) is 2.42. The molecule has 90 valence electrons. The maximum atomic E-state index is 8.62. The molecule has 0 aromatic heterocycles. The maximum absolute atomic E-state index is 8.62. The van der Waals surface area contributed by atoms with Gasteiger partial charge in [0.05, 0.1) is 19.6 Å². The predicted molar refractivity (Wildman–Crippen MR) is 71.6 cm³/mol. The highest BCUT2D eigenvalue weighted by atomic mass is 16.5. The summed E-state index contributed by atoms with van der Waals surface area (Å²) in [7, 11) is 1.68. The number of nitrogens with zero attached hydrogens (tertiary/aromatic N) is 1. The third-order valence-corrected chi connectivity index (χ3v) is 2.85. The topological polar surface area (TPSA) is 33.0 Å². The van der Waals surface area contributed by atoms with Crippen LogP contribution in [0.4, 0.5) is 0 Å². The largest absolute Gasteiger partial charge is 0.497 e. The summed E-state index contributed by atoms with van der Waals surface area (Å²) < 4.78 is 5.21. The summed E-state index contributed by atoms with van der Waals surface area (Å²) in [5, 5.41) is 8.62. The Kier molecular flexibility index (Phi) is 3.98. The van der Waals surface area contributed by atoms with Gasteiger partial charge in [-0.1, -0.05) is 36.4 Å². The summed E-state index contributed by atoms with van der Waals surface area (Å²) >= 11 is 0. The van der Waals surface area contributed by atoms with Crippen molar-refractivity contribution in [3.63, 3.8) is 0 Å². The Morgan fingerprint density at radius 3 is 2.39 bits per heavy atom. The van der Waals surface area contributed by atoms with Gasteiger partial charge in [-0.05, 0) is 35.2 Å². The van der Waals surface area contributed by atoms with Gasteiger partial charge in [0, 0.05) is 0 Å². The number of hydrogen-bond donors (Lipinski definition) is 0. The average molecular weight is 237 g/mol. The standard InChI is InChI=1S/C16H15NO/c1-18-16-4-2-3-15(12-16)11-14-7-5-13(6-8-14)9-10-17/h2-8,12H,9,11H2,1H3. The van der Waals surface area contributed by atoms with Gasteiger partial charge in [-0.3, -0.25) is 0 Å². The van der Waals surface area contributed by atoms with E-state index in [4.69, 9.17) is 10.00 Å². The van der Waals surface area contributed by atoms with Crippen LogP contribution in [0, 0.1) is 11.3 Å². The molecule has 0 spiro atoms. The third-order valence-electron chi connectivity index (χ3n) is 2.85. The summed E-state index contributed by atoms with van der Waals surface area (Å²) in [5.41, 5.74) is 3.53. The molecule has 0 atom stereocenters. The minimum atomic E-state index is 0.472. The smallest absolute Gasteiger partial charge is 0.119 e. The van der Waals surface area contributed by atoms with Crippen molar-refractivity contribution in [2.24, 2.45) is 0 Å². The number of rotatable bonds is 4. The van der Waals surface area contributed by atoms with Gasteiger partial charge in [-0.25, -0.2) is 0 Å². The Morgan fingerprint density at radius 2 is 1.72 bits per heavy atom. The molecule has 0 radical (unpaired) electrons. The first-order valence-corrected chi connectivity index (χ1v) is 5.89. The number of nitriles is 1. The van der Waals surface area contributed by atoms with Crippen LogP contribution in [-0.4, -0.2) is 7.11 Å².